The molecule has 1 aliphatic carbocycles. The molecular weight excluding hydrogens is 292 g/mol. The van der Waals surface area contributed by atoms with E-state index in [0.717, 1.165) is 16.7 Å². The van der Waals surface area contributed by atoms with Crippen LogP contribution in [0.2, 0.25) is 0 Å². The summed E-state index contributed by atoms with van der Waals surface area (Å²) in [7, 11) is 0. The summed E-state index contributed by atoms with van der Waals surface area (Å²) in [6.07, 6.45) is 0.603. The normalized spacial score (nSPS) is 21.0. The molecule has 120 valence electrons. The van der Waals surface area contributed by atoms with E-state index in [4.69, 9.17) is 0 Å². The van der Waals surface area contributed by atoms with Crippen molar-refractivity contribution >= 4 is 0 Å². The van der Waals surface area contributed by atoms with E-state index in [2.05, 4.69) is 68.4 Å². The predicted molar refractivity (Wildman–Crippen MR) is 98.9 cm³/mol. The van der Waals surface area contributed by atoms with Gasteiger partial charge in [0.05, 0.1) is 0 Å². The smallest absolute Gasteiger partial charge is 0.103 e. The molecule has 0 aromatic heterocycles. The first-order chi connectivity index (χ1) is 11.5. The number of rotatable bonds is 2. The Balaban J connectivity index is 1.97. The first-order valence-electron chi connectivity index (χ1n) is 8.50. The van der Waals surface area contributed by atoms with Crippen molar-refractivity contribution in [3.8, 4) is 11.1 Å². The van der Waals surface area contributed by atoms with Crippen molar-refractivity contribution in [1.29, 1.82) is 0 Å². The topological polar surface area (TPSA) is 20.2 Å². The summed E-state index contributed by atoms with van der Waals surface area (Å²) < 4.78 is 0. The van der Waals surface area contributed by atoms with Gasteiger partial charge in [0.1, 0.15) is 5.60 Å². The molecule has 0 spiro atoms. The molecule has 0 saturated carbocycles. The molecule has 0 amide bonds. The first kappa shape index (κ1) is 15.2. The maximum absolute atomic E-state index is 12.0. The van der Waals surface area contributed by atoms with Crippen molar-refractivity contribution < 1.29 is 5.11 Å². The highest BCUT2D eigenvalue weighted by Crippen LogP contribution is 2.53. The molecule has 1 heteroatoms. The molecule has 0 aliphatic heterocycles. The molecule has 0 fully saturated rings. The fraction of sp³-hybridized carbons (Fsp3) is 0.217. The van der Waals surface area contributed by atoms with Crippen molar-refractivity contribution in [2.75, 3.05) is 0 Å². The molecule has 4 rings (SSSR count). The Kier molecular flexibility index (Phi) is 3.36. The second-order valence-corrected chi connectivity index (χ2v) is 7.24. The van der Waals surface area contributed by atoms with E-state index in [-0.39, 0.29) is 5.41 Å². The predicted octanol–water partition coefficient (Wildman–Crippen LogP) is 5.08. The monoisotopic (exact) mass is 314 g/mol. The van der Waals surface area contributed by atoms with Crippen LogP contribution in [0, 0.1) is 0 Å². The number of aliphatic hydroxyl groups is 1. The summed E-state index contributed by atoms with van der Waals surface area (Å²) in [4.78, 5) is 0. The van der Waals surface area contributed by atoms with Gasteiger partial charge in [0.15, 0.2) is 0 Å². The molecule has 1 atom stereocenters. The zero-order chi connectivity index (χ0) is 16.8. The third-order valence-corrected chi connectivity index (χ3v) is 5.60. The first-order valence-corrected chi connectivity index (χ1v) is 8.50. The van der Waals surface area contributed by atoms with E-state index in [1.165, 1.54) is 11.1 Å². The lowest BCUT2D eigenvalue weighted by Crippen LogP contribution is -2.49. The van der Waals surface area contributed by atoms with Crippen LogP contribution >= 0.6 is 0 Å². The maximum Gasteiger partial charge on any atom is 0.103 e. The fourth-order valence-corrected chi connectivity index (χ4v) is 4.11. The quantitative estimate of drug-likeness (QED) is 0.700. The molecule has 0 unspecified atom stereocenters. The van der Waals surface area contributed by atoms with Gasteiger partial charge >= 0.3 is 0 Å². The number of fused-ring (bicyclic) bond motifs is 3. The SMILES string of the molecule is CC1(C)c2ccccc2-c2ccccc2[C@@]1(O)Cc1ccccc1. The van der Waals surface area contributed by atoms with Gasteiger partial charge in [-0.25, -0.2) is 0 Å². The van der Waals surface area contributed by atoms with Crippen LogP contribution in [-0.2, 0) is 17.4 Å². The zero-order valence-electron chi connectivity index (χ0n) is 14.2. The van der Waals surface area contributed by atoms with Crippen LogP contribution in [0.1, 0.15) is 30.5 Å². The van der Waals surface area contributed by atoms with E-state index < -0.39 is 5.60 Å². The second kappa shape index (κ2) is 5.32. The third-order valence-electron chi connectivity index (χ3n) is 5.60. The largest absolute Gasteiger partial charge is 0.384 e. The van der Waals surface area contributed by atoms with Crippen LogP contribution in [0.15, 0.2) is 78.9 Å². The molecule has 0 saturated heterocycles. The van der Waals surface area contributed by atoms with Crippen LogP contribution in [-0.4, -0.2) is 5.11 Å². The van der Waals surface area contributed by atoms with Crippen LogP contribution in [0.4, 0.5) is 0 Å². The minimum Gasteiger partial charge on any atom is -0.384 e. The summed E-state index contributed by atoms with van der Waals surface area (Å²) in [6, 6.07) is 27.0. The number of hydrogen-bond donors (Lipinski definition) is 1. The Hall–Kier alpha value is -2.38. The lowest BCUT2D eigenvalue weighted by Gasteiger charge is -2.49. The minimum absolute atomic E-state index is 0.381. The van der Waals surface area contributed by atoms with Gasteiger partial charge in [0.25, 0.3) is 0 Å². The molecule has 0 radical (unpaired) electrons. The summed E-state index contributed by atoms with van der Waals surface area (Å²) >= 11 is 0. The van der Waals surface area contributed by atoms with E-state index in [1.54, 1.807) is 0 Å². The Labute approximate surface area is 143 Å². The zero-order valence-corrected chi connectivity index (χ0v) is 14.2. The fourth-order valence-electron chi connectivity index (χ4n) is 4.11. The molecule has 0 heterocycles. The van der Waals surface area contributed by atoms with E-state index in [1.807, 2.05) is 24.3 Å². The van der Waals surface area contributed by atoms with E-state index >= 15 is 0 Å². The van der Waals surface area contributed by atoms with Crippen molar-refractivity contribution in [2.45, 2.75) is 31.3 Å². The molecule has 0 bridgehead atoms. The average molecular weight is 314 g/mol. The minimum atomic E-state index is -0.945. The molecule has 1 N–H and O–H groups in total. The summed E-state index contributed by atoms with van der Waals surface area (Å²) in [6.45, 7) is 4.31. The van der Waals surface area contributed by atoms with Gasteiger partial charge in [-0.3, -0.25) is 0 Å². The van der Waals surface area contributed by atoms with Gasteiger partial charge < -0.3 is 5.11 Å². The Morgan fingerprint density at radius 3 is 1.83 bits per heavy atom. The van der Waals surface area contributed by atoms with Gasteiger partial charge in [-0.2, -0.15) is 0 Å². The molecule has 1 nitrogen and oxygen atoms in total. The summed E-state index contributed by atoms with van der Waals surface area (Å²) in [5, 5.41) is 12.0. The summed E-state index contributed by atoms with van der Waals surface area (Å²) in [5.74, 6) is 0. The summed E-state index contributed by atoms with van der Waals surface area (Å²) in [5.41, 5.74) is 4.44. The van der Waals surface area contributed by atoms with Gasteiger partial charge in [0, 0.05) is 11.8 Å². The Morgan fingerprint density at radius 1 is 0.667 bits per heavy atom. The van der Waals surface area contributed by atoms with Gasteiger partial charge in [-0.05, 0) is 27.8 Å². The van der Waals surface area contributed by atoms with Crippen LogP contribution in [0.5, 0.6) is 0 Å². The maximum atomic E-state index is 12.0. The van der Waals surface area contributed by atoms with Crippen LogP contribution < -0.4 is 0 Å². The second-order valence-electron chi connectivity index (χ2n) is 7.24. The van der Waals surface area contributed by atoms with Gasteiger partial charge in [-0.1, -0.05) is 92.7 Å². The molecule has 3 aromatic carbocycles. The molecule has 1 aliphatic rings. The lowest BCUT2D eigenvalue weighted by molar-refractivity contribution is -0.0332. The Morgan fingerprint density at radius 2 is 1.17 bits per heavy atom. The van der Waals surface area contributed by atoms with Gasteiger partial charge in [-0.15, -0.1) is 0 Å². The molecule has 3 aromatic rings. The van der Waals surface area contributed by atoms with Crippen molar-refractivity contribution in [3.05, 3.63) is 95.6 Å². The van der Waals surface area contributed by atoms with E-state index in [9.17, 15) is 5.11 Å². The van der Waals surface area contributed by atoms with Crippen molar-refractivity contribution in [2.24, 2.45) is 0 Å². The highest BCUT2D eigenvalue weighted by Gasteiger charge is 2.50. The Bertz CT molecular complexity index is 879. The molecule has 24 heavy (non-hydrogen) atoms. The van der Waals surface area contributed by atoms with Crippen LogP contribution in [0.25, 0.3) is 11.1 Å². The number of hydrogen-bond acceptors (Lipinski definition) is 1. The van der Waals surface area contributed by atoms with Crippen LogP contribution in [0.3, 0.4) is 0 Å². The molecular formula is C23H22O. The van der Waals surface area contributed by atoms with Crippen molar-refractivity contribution in [3.63, 3.8) is 0 Å². The highest BCUT2D eigenvalue weighted by molar-refractivity contribution is 5.77. The van der Waals surface area contributed by atoms with Crippen molar-refractivity contribution in [1.82, 2.24) is 0 Å². The highest BCUT2D eigenvalue weighted by atomic mass is 16.3. The van der Waals surface area contributed by atoms with Gasteiger partial charge in [0.2, 0.25) is 0 Å². The lowest BCUT2D eigenvalue weighted by atomic mass is 9.58. The number of benzene rings is 3. The third kappa shape index (κ3) is 2.05. The standard InChI is InChI=1S/C23H22O/c1-22(2)20-14-8-6-12-18(20)19-13-7-9-15-21(19)23(22,24)16-17-10-4-3-5-11-17/h3-15,24H,16H2,1-2H3/t23-/m0/s1. The average Bonchev–Trinajstić information content (AvgIpc) is 2.61. The van der Waals surface area contributed by atoms with E-state index in [0.29, 0.717) is 6.42 Å².